The van der Waals surface area contributed by atoms with Crippen molar-refractivity contribution in [1.82, 2.24) is 9.97 Å². The summed E-state index contributed by atoms with van der Waals surface area (Å²) in [5.41, 5.74) is 5.59. The highest BCUT2D eigenvalue weighted by Crippen LogP contribution is 2.22. The molecule has 4 nitrogen and oxygen atoms in total. The zero-order valence-corrected chi connectivity index (χ0v) is 14.3. The molecular weight excluding hydrogens is 310 g/mol. The highest BCUT2D eigenvalue weighted by Gasteiger charge is 2.09. The fourth-order valence-electron chi connectivity index (χ4n) is 2.53. The SMILES string of the molecule is C=CCOc1ccc(/C=C(\C#N)c2nc3cc(C)c(C)cc3[nH]2)cc1. The van der Waals surface area contributed by atoms with Crippen molar-refractivity contribution in [1.29, 1.82) is 5.26 Å². The van der Waals surface area contributed by atoms with Crippen LogP contribution < -0.4 is 4.74 Å². The molecule has 0 aliphatic carbocycles. The van der Waals surface area contributed by atoms with Crippen LogP contribution in [0.1, 0.15) is 22.5 Å². The first-order chi connectivity index (χ1) is 12.1. The fraction of sp³-hybridized carbons (Fsp3) is 0.143. The van der Waals surface area contributed by atoms with Crippen molar-refractivity contribution in [2.75, 3.05) is 6.61 Å². The molecule has 1 heterocycles. The Morgan fingerprint density at radius 3 is 2.64 bits per heavy atom. The normalized spacial score (nSPS) is 11.3. The van der Waals surface area contributed by atoms with Gasteiger partial charge in [-0.25, -0.2) is 4.98 Å². The largest absolute Gasteiger partial charge is 0.490 e. The van der Waals surface area contributed by atoms with Crippen molar-refractivity contribution in [3.05, 3.63) is 71.6 Å². The van der Waals surface area contributed by atoms with Crippen LogP contribution in [-0.2, 0) is 0 Å². The molecule has 0 atom stereocenters. The van der Waals surface area contributed by atoms with Crippen molar-refractivity contribution in [2.24, 2.45) is 0 Å². The first-order valence-electron chi connectivity index (χ1n) is 8.03. The summed E-state index contributed by atoms with van der Waals surface area (Å²) in [6, 6.07) is 13.9. The number of aromatic nitrogens is 2. The molecular formula is C21H19N3O. The van der Waals surface area contributed by atoms with E-state index >= 15 is 0 Å². The van der Waals surface area contributed by atoms with Gasteiger partial charge in [0.2, 0.25) is 0 Å². The van der Waals surface area contributed by atoms with Crippen molar-refractivity contribution >= 4 is 22.7 Å². The average Bonchev–Trinajstić information content (AvgIpc) is 3.01. The molecule has 3 rings (SSSR count). The Balaban J connectivity index is 1.92. The summed E-state index contributed by atoms with van der Waals surface area (Å²) in [4.78, 5) is 7.79. The maximum absolute atomic E-state index is 9.53. The van der Waals surface area contributed by atoms with Gasteiger partial charge in [-0.15, -0.1) is 0 Å². The number of allylic oxidation sites excluding steroid dienone is 1. The predicted octanol–water partition coefficient (Wildman–Crippen LogP) is 4.81. The second kappa shape index (κ2) is 7.06. The van der Waals surface area contributed by atoms with Crippen LogP contribution in [0.25, 0.3) is 22.7 Å². The molecule has 0 spiro atoms. The summed E-state index contributed by atoms with van der Waals surface area (Å²) in [6.45, 7) is 8.21. The van der Waals surface area contributed by atoms with Gasteiger partial charge in [-0.1, -0.05) is 24.8 Å². The standard InChI is InChI=1S/C21H19N3O/c1-4-9-25-18-7-5-16(6-8-18)12-17(13-22)21-23-19-10-14(2)15(3)11-20(19)24-21/h4-8,10-12H,1,9H2,2-3H3,(H,23,24)/b17-12+. The van der Waals surface area contributed by atoms with Gasteiger partial charge in [-0.3, -0.25) is 0 Å². The van der Waals surface area contributed by atoms with Crippen LogP contribution in [0.15, 0.2) is 49.1 Å². The number of ether oxygens (including phenoxy) is 1. The Morgan fingerprint density at radius 2 is 1.96 bits per heavy atom. The lowest BCUT2D eigenvalue weighted by atomic mass is 10.1. The molecule has 1 aromatic heterocycles. The molecule has 0 saturated carbocycles. The van der Waals surface area contributed by atoms with E-state index in [1.165, 1.54) is 11.1 Å². The molecule has 0 bridgehead atoms. The van der Waals surface area contributed by atoms with E-state index in [1.807, 2.05) is 36.4 Å². The molecule has 25 heavy (non-hydrogen) atoms. The van der Waals surface area contributed by atoms with Gasteiger partial charge in [-0.2, -0.15) is 5.26 Å². The second-order valence-corrected chi connectivity index (χ2v) is 5.88. The lowest BCUT2D eigenvalue weighted by Gasteiger charge is -2.03. The van der Waals surface area contributed by atoms with Gasteiger partial charge < -0.3 is 9.72 Å². The molecule has 0 unspecified atom stereocenters. The van der Waals surface area contributed by atoms with Gasteiger partial charge in [0, 0.05) is 0 Å². The molecule has 3 aromatic rings. The Kier molecular flexibility index (Phi) is 4.67. The number of nitrogens with zero attached hydrogens (tertiary/aromatic N) is 2. The highest BCUT2D eigenvalue weighted by atomic mass is 16.5. The number of hydrogen-bond donors (Lipinski definition) is 1. The maximum atomic E-state index is 9.53. The smallest absolute Gasteiger partial charge is 0.149 e. The summed E-state index contributed by atoms with van der Waals surface area (Å²) >= 11 is 0. The number of aryl methyl sites for hydroxylation is 2. The van der Waals surface area contributed by atoms with E-state index in [0.717, 1.165) is 22.3 Å². The van der Waals surface area contributed by atoms with Crippen molar-refractivity contribution in [3.63, 3.8) is 0 Å². The Hall–Kier alpha value is -3.32. The monoisotopic (exact) mass is 329 g/mol. The number of benzene rings is 2. The number of hydrogen-bond acceptors (Lipinski definition) is 3. The summed E-state index contributed by atoms with van der Waals surface area (Å²) in [6.07, 6.45) is 3.52. The lowest BCUT2D eigenvalue weighted by Crippen LogP contribution is -1.92. The number of imidazole rings is 1. The molecule has 0 aliphatic rings. The third-order valence-corrected chi connectivity index (χ3v) is 4.03. The lowest BCUT2D eigenvalue weighted by molar-refractivity contribution is 0.363. The van der Waals surface area contributed by atoms with Crippen LogP contribution in [0.5, 0.6) is 5.75 Å². The Morgan fingerprint density at radius 1 is 1.24 bits per heavy atom. The van der Waals surface area contributed by atoms with E-state index in [1.54, 1.807) is 6.08 Å². The average molecular weight is 329 g/mol. The summed E-state index contributed by atoms with van der Waals surface area (Å²) in [5.74, 6) is 1.35. The van der Waals surface area contributed by atoms with E-state index in [4.69, 9.17) is 4.74 Å². The number of aromatic amines is 1. The molecule has 0 radical (unpaired) electrons. The van der Waals surface area contributed by atoms with Gasteiger partial charge in [0.1, 0.15) is 24.3 Å². The highest BCUT2D eigenvalue weighted by molar-refractivity contribution is 5.90. The van der Waals surface area contributed by atoms with Gasteiger partial charge >= 0.3 is 0 Å². The van der Waals surface area contributed by atoms with Crippen LogP contribution in [0.3, 0.4) is 0 Å². The van der Waals surface area contributed by atoms with Gasteiger partial charge in [0.25, 0.3) is 0 Å². The predicted molar refractivity (Wildman–Crippen MR) is 101 cm³/mol. The molecule has 1 N–H and O–H groups in total. The van der Waals surface area contributed by atoms with Crippen LogP contribution >= 0.6 is 0 Å². The minimum absolute atomic E-state index is 0.469. The maximum Gasteiger partial charge on any atom is 0.149 e. The first-order valence-corrected chi connectivity index (χ1v) is 8.03. The van der Waals surface area contributed by atoms with Crippen molar-refractivity contribution in [2.45, 2.75) is 13.8 Å². The van der Waals surface area contributed by atoms with E-state index in [0.29, 0.717) is 18.0 Å². The van der Waals surface area contributed by atoms with Crippen LogP contribution in [0.4, 0.5) is 0 Å². The Bertz CT molecular complexity index is 949. The zero-order valence-electron chi connectivity index (χ0n) is 14.3. The quantitative estimate of drug-likeness (QED) is 0.540. The minimum atomic E-state index is 0.469. The van der Waals surface area contributed by atoms with E-state index < -0.39 is 0 Å². The summed E-state index contributed by atoms with van der Waals surface area (Å²) < 4.78 is 5.47. The van der Waals surface area contributed by atoms with Gasteiger partial charge in [-0.05, 0) is 60.9 Å². The second-order valence-electron chi connectivity index (χ2n) is 5.88. The van der Waals surface area contributed by atoms with E-state index in [2.05, 4.69) is 42.5 Å². The van der Waals surface area contributed by atoms with Crippen LogP contribution in [-0.4, -0.2) is 16.6 Å². The van der Waals surface area contributed by atoms with Gasteiger partial charge in [0.15, 0.2) is 0 Å². The number of H-pyrrole nitrogens is 1. The molecule has 0 fully saturated rings. The summed E-state index contributed by atoms with van der Waals surface area (Å²) in [5, 5.41) is 9.53. The van der Waals surface area contributed by atoms with Crippen LogP contribution in [0, 0.1) is 25.2 Å². The molecule has 2 aromatic carbocycles. The van der Waals surface area contributed by atoms with E-state index in [9.17, 15) is 5.26 Å². The minimum Gasteiger partial charge on any atom is -0.490 e. The third kappa shape index (κ3) is 3.61. The molecule has 124 valence electrons. The first kappa shape index (κ1) is 16.5. The number of nitrogens with one attached hydrogen (secondary N) is 1. The van der Waals surface area contributed by atoms with Crippen molar-refractivity contribution in [3.8, 4) is 11.8 Å². The van der Waals surface area contributed by atoms with Crippen LogP contribution in [0.2, 0.25) is 0 Å². The summed E-state index contributed by atoms with van der Waals surface area (Å²) in [7, 11) is 0. The van der Waals surface area contributed by atoms with Crippen molar-refractivity contribution < 1.29 is 4.74 Å². The number of rotatable bonds is 5. The molecule has 0 saturated heterocycles. The Labute approximate surface area is 147 Å². The third-order valence-electron chi connectivity index (χ3n) is 4.03. The molecule has 0 amide bonds. The van der Waals surface area contributed by atoms with Gasteiger partial charge in [0.05, 0.1) is 16.6 Å². The number of fused-ring (bicyclic) bond motifs is 1. The number of nitriles is 1. The fourth-order valence-corrected chi connectivity index (χ4v) is 2.53. The zero-order chi connectivity index (χ0) is 17.8. The molecule has 4 heteroatoms. The van der Waals surface area contributed by atoms with E-state index in [-0.39, 0.29) is 0 Å². The topological polar surface area (TPSA) is 61.7 Å². The molecule has 0 aliphatic heterocycles.